The van der Waals surface area contributed by atoms with Gasteiger partial charge in [-0.3, -0.25) is 4.79 Å². The summed E-state index contributed by atoms with van der Waals surface area (Å²) in [5.74, 6) is 2.03. The van der Waals surface area contributed by atoms with Gasteiger partial charge in [0.1, 0.15) is 6.61 Å². The van der Waals surface area contributed by atoms with Crippen molar-refractivity contribution in [1.82, 2.24) is 14.3 Å². The molecule has 0 N–H and O–H groups in total. The highest BCUT2D eigenvalue weighted by molar-refractivity contribution is 7.09. The fraction of sp³-hybridized carbons (Fsp3) is 0.207. The maximum absolute atomic E-state index is 12.8. The fourth-order valence-electron chi connectivity index (χ4n) is 4.08. The third-order valence-corrected chi connectivity index (χ3v) is 6.93. The van der Waals surface area contributed by atoms with Gasteiger partial charge in [-0.15, -0.1) is 0 Å². The van der Waals surface area contributed by atoms with Crippen LogP contribution < -0.4 is 14.4 Å². The molecule has 0 unspecified atom stereocenters. The summed E-state index contributed by atoms with van der Waals surface area (Å²) in [6.07, 6.45) is 3.43. The van der Waals surface area contributed by atoms with Crippen LogP contribution in [0.25, 0.3) is 17.5 Å². The van der Waals surface area contributed by atoms with E-state index in [0.717, 1.165) is 40.7 Å². The summed E-state index contributed by atoms with van der Waals surface area (Å²) in [5.41, 5.74) is 2.97. The lowest BCUT2D eigenvalue weighted by Crippen LogP contribution is -2.48. The molecule has 7 nitrogen and oxygen atoms in total. The highest BCUT2D eigenvalue weighted by Crippen LogP contribution is 2.29. The molecule has 0 radical (unpaired) electrons. The summed E-state index contributed by atoms with van der Waals surface area (Å²) in [4.78, 5) is 21.6. The zero-order chi connectivity index (χ0) is 25.5. The van der Waals surface area contributed by atoms with Crippen LogP contribution >= 0.6 is 11.5 Å². The van der Waals surface area contributed by atoms with Crippen LogP contribution in [0, 0.1) is 0 Å². The molecular formula is C29H28N4O3S. The number of nitrogens with zero attached hydrogens (tertiary/aromatic N) is 4. The predicted octanol–water partition coefficient (Wildman–Crippen LogP) is 5.15. The van der Waals surface area contributed by atoms with Crippen molar-refractivity contribution in [3.63, 3.8) is 0 Å². The molecule has 37 heavy (non-hydrogen) atoms. The predicted molar refractivity (Wildman–Crippen MR) is 147 cm³/mol. The summed E-state index contributed by atoms with van der Waals surface area (Å²) >= 11 is 1.40. The third kappa shape index (κ3) is 6.16. The number of methoxy groups -OCH3 is 1. The van der Waals surface area contributed by atoms with Gasteiger partial charge in [0.15, 0.2) is 17.3 Å². The molecule has 1 amide bonds. The Bertz CT molecular complexity index is 1350. The van der Waals surface area contributed by atoms with Gasteiger partial charge in [-0.05, 0) is 29.3 Å². The average Bonchev–Trinajstić information content (AvgIpc) is 3.46. The molecule has 1 aliphatic heterocycles. The molecular weight excluding hydrogens is 484 g/mol. The van der Waals surface area contributed by atoms with Crippen molar-refractivity contribution in [1.29, 1.82) is 0 Å². The summed E-state index contributed by atoms with van der Waals surface area (Å²) in [7, 11) is 1.61. The Hall–Kier alpha value is -4.17. The van der Waals surface area contributed by atoms with Crippen molar-refractivity contribution in [2.24, 2.45) is 0 Å². The van der Waals surface area contributed by atoms with Crippen molar-refractivity contribution >= 4 is 28.6 Å². The summed E-state index contributed by atoms with van der Waals surface area (Å²) in [5, 5.41) is 0.892. The van der Waals surface area contributed by atoms with E-state index in [1.54, 1.807) is 13.2 Å². The Labute approximate surface area is 220 Å². The quantitative estimate of drug-likeness (QED) is 0.304. The number of anilines is 1. The standard InChI is InChI=1S/C29H28N4O3S/c1-35-26-20-22(12-14-25(26)36-21-23-8-4-2-5-9-23)13-15-27(34)32-16-18-33(19-17-32)29-30-28(31-37-29)24-10-6-3-7-11-24/h2-15,20H,16-19,21H2,1H3. The van der Waals surface area contributed by atoms with Crippen LogP contribution in [0.5, 0.6) is 11.5 Å². The molecule has 0 saturated carbocycles. The molecule has 0 aliphatic carbocycles. The first-order valence-corrected chi connectivity index (χ1v) is 12.9. The normalized spacial score (nSPS) is 13.6. The van der Waals surface area contributed by atoms with E-state index in [9.17, 15) is 4.79 Å². The van der Waals surface area contributed by atoms with E-state index in [1.165, 1.54) is 11.5 Å². The zero-order valence-electron chi connectivity index (χ0n) is 20.6. The van der Waals surface area contributed by atoms with Crippen LogP contribution in [0.4, 0.5) is 5.13 Å². The molecule has 1 aromatic heterocycles. The summed E-state index contributed by atoms with van der Waals surface area (Å²) in [6.45, 7) is 3.19. The Morgan fingerprint density at radius 2 is 1.68 bits per heavy atom. The highest BCUT2D eigenvalue weighted by Gasteiger charge is 2.22. The molecule has 1 aliphatic rings. The number of carbonyl (C=O) groups is 1. The number of benzene rings is 3. The molecule has 0 atom stereocenters. The molecule has 4 aromatic rings. The van der Waals surface area contributed by atoms with Crippen LogP contribution in [-0.2, 0) is 11.4 Å². The minimum atomic E-state index is -0.00902. The van der Waals surface area contributed by atoms with Gasteiger partial charge in [0.25, 0.3) is 0 Å². The number of hydrogen-bond acceptors (Lipinski definition) is 7. The van der Waals surface area contributed by atoms with Crippen molar-refractivity contribution < 1.29 is 14.3 Å². The zero-order valence-corrected chi connectivity index (χ0v) is 21.4. The molecule has 188 valence electrons. The molecule has 3 aromatic carbocycles. The second-order valence-corrected chi connectivity index (χ2v) is 9.33. The number of hydrogen-bond donors (Lipinski definition) is 0. The average molecular weight is 513 g/mol. The van der Waals surface area contributed by atoms with Gasteiger partial charge >= 0.3 is 0 Å². The SMILES string of the molecule is COc1cc(C=CC(=O)N2CCN(c3nc(-c4ccccc4)ns3)CC2)ccc1OCc1ccccc1. The minimum Gasteiger partial charge on any atom is -0.493 e. The molecule has 8 heteroatoms. The van der Waals surface area contributed by atoms with Crippen molar-refractivity contribution in [2.45, 2.75) is 6.61 Å². The first kappa shape index (κ1) is 24.5. The molecule has 5 rings (SSSR count). The third-order valence-electron chi connectivity index (χ3n) is 6.15. The number of carbonyl (C=O) groups excluding carboxylic acids is 1. The Balaban J connectivity index is 1.15. The van der Waals surface area contributed by atoms with Gasteiger partial charge in [0.05, 0.1) is 7.11 Å². The van der Waals surface area contributed by atoms with Gasteiger partial charge in [0, 0.05) is 49.4 Å². The van der Waals surface area contributed by atoms with Gasteiger partial charge in [-0.25, -0.2) is 0 Å². The van der Waals surface area contributed by atoms with E-state index in [-0.39, 0.29) is 5.91 Å². The number of amides is 1. The van der Waals surface area contributed by atoms with E-state index >= 15 is 0 Å². The van der Waals surface area contributed by atoms with E-state index in [2.05, 4.69) is 9.27 Å². The van der Waals surface area contributed by atoms with E-state index in [4.69, 9.17) is 14.5 Å². The molecule has 2 heterocycles. The number of piperazine rings is 1. The second-order valence-electron chi connectivity index (χ2n) is 8.60. The fourth-order valence-corrected chi connectivity index (χ4v) is 4.82. The highest BCUT2D eigenvalue weighted by atomic mass is 32.1. The Morgan fingerprint density at radius 1 is 0.946 bits per heavy atom. The minimum absolute atomic E-state index is 0.00902. The summed E-state index contributed by atoms with van der Waals surface area (Å²) < 4.78 is 15.9. The first-order chi connectivity index (χ1) is 18.2. The maximum Gasteiger partial charge on any atom is 0.246 e. The van der Waals surface area contributed by atoms with E-state index in [1.807, 2.05) is 89.8 Å². The Morgan fingerprint density at radius 3 is 2.41 bits per heavy atom. The Kier molecular flexibility index (Phi) is 7.76. The van der Waals surface area contributed by atoms with Crippen LogP contribution in [-0.4, -0.2) is 53.5 Å². The van der Waals surface area contributed by atoms with Crippen molar-refractivity contribution in [3.05, 3.63) is 96.1 Å². The van der Waals surface area contributed by atoms with Gasteiger partial charge in [-0.2, -0.15) is 9.36 Å². The van der Waals surface area contributed by atoms with Crippen LogP contribution in [0.2, 0.25) is 0 Å². The molecule has 0 spiro atoms. The van der Waals surface area contributed by atoms with Crippen LogP contribution in [0.1, 0.15) is 11.1 Å². The number of ether oxygens (including phenoxy) is 2. The topological polar surface area (TPSA) is 67.8 Å². The maximum atomic E-state index is 12.8. The van der Waals surface area contributed by atoms with Crippen molar-refractivity contribution in [3.8, 4) is 22.9 Å². The van der Waals surface area contributed by atoms with E-state index < -0.39 is 0 Å². The molecule has 1 fully saturated rings. The van der Waals surface area contributed by atoms with Crippen LogP contribution in [0.3, 0.4) is 0 Å². The smallest absolute Gasteiger partial charge is 0.246 e. The second kappa shape index (κ2) is 11.7. The lowest BCUT2D eigenvalue weighted by atomic mass is 10.1. The van der Waals surface area contributed by atoms with Gasteiger partial charge in [-0.1, -0.05) is 66.7 Å². The lowest BCUT2D eigenvalue weighted by Gasteiger charge is -2.33. The van der Waals surface area contributed by atoms with Crippen LogP contribution in [0.15, 0.2) is 84.9 Å². The van der Waals surface area contributed by atoms with Gasteiger partial charge in [0.2, 0.25) is 11.0 Å². The first-order valence-electron chi connectivity index (χ1n) is 12.2. The van der Waals surface area contributed by atoms with Crippen molar-refractivity contribution in [2.75, 3.05) is 38.2 Å². The molecule has 1 saturated heterocycles. The lowest BCUT2D eigenvalue weighted by molar-refractivity contribution is -0.126. The molecule has 0 bridgehead atoms. The largest absolute Gasteiger partial charge is 0.493 e. The monoisotopic (exact) mass is 512 g/mol. The number of aromatic nitrogens is 2. The number of rotatable bonds is 8. The summed E-state index contributed by atoms with van der Waals surface area (Å²) in [6, 6.07) is 25.6. The van der Waals surface area contributed by atoms with E-state index in [0.29, 0.717) is 31.2 Å². The van der Waals surface area contributed by atoms with Gasteiger partial charge < -0.3 is 19.3 Å².